The van der Waals surface area contributed by atoms with Crippen LogP contribution in [0, 0.1) is 10.1 Å². The largest absolute Gasteiger partial charge is 0.489 e. The van der Waals surface area contributed by atoms with Gasteiger partial charge in [0, 0.05) is 30.1 Å². The van der Waals surface area contributed by atoms with Crippen LogP contribution in [0.25, 0.3) is 10.8 Å². The average Bonchev–Trinajstić information content (AvgIpc) is 2.82. The van der Waals surface area contributed by atoms with Gasteiger partial charge in [-0.2, -0.15) is 0 Å². The fraction of sp³-hybridized carbons (Fsp3) is 0.222. The molecule has 0 aliphatic heterocycles. The number of ether oxygens (including phenoxy) is 1. The summed E-state index contributed by atoms with van der Waals surface area (Å²) in [6.45, 7) is 2.48. The van der Waals surface area contributed by atoms with Crippen LogP contribution in [0.15, 0.2) is 79.0 Å². The Hall–Kier alpha value is -3.73. The highest BCUT2D eigenvalue weighted by Gasteiger charge is 2.08. The summed E-state index contributed by atoms with van der Waals surface area (Å²) in [4.78, 5) is 15.2. The molecule has 0 saturated heterocycles. The van der Waals surface area contributed by atoms with Crippen LogP contribution >= 0.6 is 0 Å². The van der Waals surface area contributed by atoms with Crippen molar-refractivity contribution in [2.75, 3.05) is 0 Å². The summed E-state index contributed by atoms with van der Waals surface area (Å²) in [6.07, 6.45) is 6.13. The van der Waals surface area contributed by atoms with Crippen molar-refractivity contribution in [2.24, 2.45) is 0 Å². The van der Waals surface area contributed by atoms with E-state index in [0.29, 0.717) is 5.75 Å². The molecule has 0 bridgehead atoms. The molecule has 4 aromatic rings. The normalized spacial score (nSPS) is 10.9. The van der Waals surface area contributed by atoms with Gasteiger partial charge in [-0.05, 0) is 53.1 Å². The molecular formula is C27H26N2O3. The van der Waals surface area contributed by atoms with Crippen molar-refractivity contribution in [1.29, 1.82) is 0 Å². The van der Waals surface area contributed by atoms with Gasteiger partial charge in [0.25, 0.3) is 5.69 Å². The van der Waals surface area contributed by atoms with E-state index in [9.17, 15) is 10.1 Å². The van der Waals surface area contributed by atoms with E-state index in [-0.39, 0.29) is 12.3 Å². The summed E-state index contributed by atoms with van der Waals surface area (Å²) in [5.74, 6) is 0.716. The number of pyridine rings is 1. The zero-order valence-electron chi connectivity index (χ0n) is 18.2. The fourth-order valence-corrected chi connectivity index (χ4v) is 3.76. The third-order valence-electron chi connectivity index (χ3n) is 5.56. The van der Waals surface area contributed by atoms with E-state index in [1.165, 1.54) is 36.1 Å². The summed E-state index contributed by atoms with van der Waals surface area (Å²) in [5, 5.41) is 13.1. The molecule has 1 aromatic heterocycles. The lowest BCUT2D eigenvalue weighted by Gasteiger charge is -2.10. The number of nitro benzene ring substituents is 1. The second kappa shape index (κ2) is 10.1. The first kappa shape index (κ1) is 21.5. The average molecular weight is 427 g/mol. The SMILES string of the molecule is CCCCc1ccc(Cc2nccc3ccc(OCc4cccc([N+](=O)[O-])c4)cc23)cc1. The number of hydrogen-bond donors (Lipinski definition) is 0. The van der Waals surface area contributed by atoms with E-state index in [1.807, 2.05) is 36.5 Å². The van der Waals surface area contributed by atoms with Crippen molar-refractivity contribution in [1.82, 2.24) is 4.98 Å². The predicted molar refractivity (Wildman–Crippen MR) is 127 cm³/mol. The molecule has 5 heteroatoms. The molecule has 0 spiro atoms. The van der Waals surface area contributed by atoms with Gasteiger partial charge in [-0.25, -0.2) is 0 Å². The molecule has 0 radical (unpaired) electrons. The Morgan fingerprint density at radius 1 is 0.938 bits per heavy atom. The summed E-state index contributed by atoms with van der Waals surface area (Å²) in [7, 11) is 0. The molecule has 3 aromatic carbocycles. The number of fused-ring (bicyclic) bond motifs is 1. The molecule has 1 heterocycles. The van der Waals surface area contributed by atoms with E-state index in [1.54, 1.807) is 6.07 Å². The number of benzene rings is 3. The maximum absolute atomic E-state index is 11.0. The molecule has 0 N–H and O–H groups in total. The molecule has 32 heavy (non-hydrogen) atoms. The predicted octanol–water partition coefficient (Wildman–Crippen LogP) is 6.66. The lowest BCUT2D eigenvalue weighted by atomic mass is 10.0. The highest BCUT2D eigenvalue weighted by atomic mass is 16.6. The summed E-state index contributed by atoms with van der Waals surface area (Å²) in [5.41, 5.74) is 4.43. The van der Waals surface area contributed by atoms with Gasteiger partial charge in [0.1, 0.15) is 12.4 Å². The Labute approximate surface area is 187 Å². The van der Waals surface area contributed by atoms with Crippen LogP contribution in [0.5, 0.6) is 5.75 Å². The van der Waals surface area contributed by atoms with Crippen LogP contribution in [0.4, 0.5) is 5.69 Å². The highest BCUT2D eigenvalue weighted by molar-refractivity contribution is 5.86. The van der Waals surface area contributed by atoms with Crippen LogP contribution in [0.2, 0.25) is 0 Å². The molecule has 0 atom stereocenters. The molecule has 0 saturated carbocycles. The molecule has 162 valence electrons. The lowest BCUT2D eigenvalue weighted by Crippen LogP contribution is -1.98. The molecule has 0 fully saturated rings. The van der Waals surface area contributed by atoms with Crippen molar-refractivity contribution in [2.45, 2.75) is 39.2 Å². The number of aryl methyl sites for hydroxylation is 1. The summed E-state index contributed by atoms with van der Waals surface area (Å²) >= 11 is 0. The van der Waals surface area contributed by atoms with E-state index in [4.69, 9.17) is 4.74 Å². The minimum absolute atomic E-state index is 0.0665. The molecule has 0 aliphatic carbocycles. The van der Waals surface area contributed by atoms with E-state index in [2.05, 4.69) is 36.2 Å². The minimum Gasteiger partial charge on any atom is -0.489 e. The Bertz CT molecular complexity index is 1220. The van der Waals surface area contributed by atoms with Gasteiger partial charge in [0.2, 0.25) is 0 Å². The monoisotopic (exact) mass is 426 g/mol. The molecule has 0 amide bonds. The number of aromatic nitrogens is 1. The molecule has 5 nitrogen and oxygen atoms in total. The maximum Gasteiger partial charge on any atom is 0.269 e. The van der Waals surface area contributed by atoms with Crippen LogP contribution in [0.1, 0.15) is 42.1 Å². The first-order valence-corrected chi connectivity index (χ1v) is 10.9. The topological polar surface area (TPSA) is 65.3 Å². The number of non-ortho nitro benzene ring substituents is 1. The number of nitrogens with zero attached hydrogens (tertiary/aromatic N) is 2. The minimum atomic E-state index is -0.395. The Balaban J connectivity index is 1.51. The van der Waals surface area contributed by atoms with Gasteiger partial charge in [-0.1, -0.05) is 55.8 Å². The van der Waals surface area contributed by atoms with Gasteiger partial charge >= 0.3 is 0 Å². The third kappa shape index (κ3) is 5.30. The van der Waals surface area contributed by atoms with E-state index in [0.717, 1.165) is 34.9 Å². The number of unbranched alkanes of at least 4 members (excludes halogenated alkanes) is 1. The molecular weight excluding hydrogens is 400 g/mol. The maximum atomic E-state index is 11.0. The third-order valence-corrected chi connectivity index (χ3v) is 5.56. The summed E-state index contributed by atoms with van der Waals surface area (Å²) < 4.78 is 5.94. The van der Waals surface area contributed by atoms with Crippen molar-refractivity contribution < 1.29 is 9.66 Å². The molecule has 0 aliphatic rings. The van der Waals surface area contributed by atoms with Crippen molar-refractivity contribution >= 4 is 16.5 Å². The Kier molecular flexibility index (Phi) is 6.75. The van der Waals surface area contributed by atoms with Gasteiger partial charge in [-0.15, -0.1) is 0 Å². The highest BCUT2D eigenvalue weighted by Crippen LogP contribution is 2.26. The number of nitro groups is 1. The zero-order chi connectivity index (χ0) is 22.3. The second-order valence-electron chi connectivity index (χ2n) is 7.95. The van der Waals surface area contributed by atoms with Crippen molar-refractivity contribution in [3.05, 3.63) is 111 Å². The van der Waals surface area contributed by atoms with Gasteiger partial charge < -0.3 is 4.74 Å². The fourth-order valence-electron chi connectivity index (χ4n) is 3.76. The van der Waals surface area contributed by atoms with Gasteiger partial charge in [0.05, 0.1) is 10.6 Å². The number of rotatable bonds is 9. The van der Waals surface area contributed by atoms with Crippen LogP contribution < -0.4 is 4.74 Å². The van der Waals surface area contributed by atoms with Crippen molar-refractivity contribution in [3.63, 3.8) is 0 Å². The first-order chi connectivity index (χ1) is 15.6. The standard InChI is InChI=1S/C27H26N2O3/c1-2-3-5-20-8-10-21(11-9-20)17-27-26-18-25(13-12-23(26)14-15-28-27)32-19-22-6-4-7-24(16-22)29(30)31/h4,6-16,18H,2-3,5,17,19H2,1H3. The quantitative estimate of drug-likeness (QED) is 0.222. The number of hydrogen-bond acceptors (Lipinski definition) is 4. The van der Waals surface area contributed by atoms with Crippen LogP contribution in [-0.4, -0.2) is 9.91 Å². The summed E-state index contributed by atoms with van der Waals surface area (Å²) in [6, 6.07) is 23.3. The molecule has 4 rings (SSSR count). The van der Waals surface area contributed by atoms with Crippen molar-refractivity contribution in [3.8, 4) is 5.75 Å². The van der Waals surface area contributed by atoms with Crippen LogP contribution in [-0.2, 0) is 19.4 Å². The van der Waals surface area contributed by atoms with E-state index >= 15 is 0 Å². The second-order valence-corrected chi connectivity index (χ2v) is 7.95. The lowest BCUT2D eigenvalue weighted by molar-refractivity contribution is -0.384. The smallest absolute Gasteiger partial charge is 0.269 e. The van der Waals surface area contributed by atoms with Gasteiger partial charge in [0.15, 0.2) is 0 Å². The molecule has 0 unspecified atom stereocenters. The van der Waals surface area contributed by atoms with Crippen LogP contribution in [0.3, 0.4) is 0 Å². The first-order valence-electron chi connectivity index (χ1n) is 10.9. The zero-order valence-corrected chi connectivity index (χ0v) is 18.2. The Morgan fingerprint density at radius 2 is 1.75 bits per heavy atom. The van der Waals surface area contributed by atoms with Gasteiger partial charge in [-0.3, -0.25) is 15.1 Å². The van der Waals surface area contributed by atoms with E-state index < -0.39 is 4.92 Å². The Morgan fingerprint density at radius 3 is 2.53 bits per heavy atom.